The van der Waals surface area contributed by atoms with Crippen molar-refractivity contribution in [3.63, 3.8) is 0 Å². The maximum absolute atomic E-state index is 5.42. The molecule has 1 aliphatic heterocycles. The first-order valence-electron chi connectivity index (χ1n) is 7.60. The monoisotopic (exact) mass is 256 g/mol. The predicted octanol–water partition coefficient (Wildman–Crippen LogP) is 2.51. The van der Waals surface area contributed by atoms with Gasteiger partial charge in [-0.2, -0.15) is 0 Å². The summed E-state index contributed by atoms with van der Waals surface area (Å²) in [4.78, 5) is 2.66. The minimum Gasteiger partial charge on any atom is -0.383 e. The molecule has 0 saturated carbocycles. The van der Waals surface area contributed by atoms with Crippen LogP contribution in [0, 0.1) is 5.92 Å². The van der Waals surface area contributed by atoms with Crippen LogP contribution in [0.4, 0.5) is 0 Å². The smallest absolute Gasteiger partial charge is 0.0630 e. The van der Waals surface area contributed by atoms with Gasteiger partial charge in [-0.1, -0.05) is 26.7 Å². The minimum absolute atomic E-state index is 0.529. The average Bonchev–Trinajstić information content (AvgIpc) is 2.52. The highest BCUT2D eigenvalue weighted by molar-refractivity contribution is 4.81. The topological polar surface area (TPSA) is 24.5 Å². The van der Waals surface area contributed by atoms with Gasteiger partial charge in [0.05, 0.1) is 6.61 Å². The van der Waals surface area contributed by atoms with E-state index in [1.807, 2.05) is 7.11 Å². The number of hydrogen-bond acceptors (Lipinski definition) is 3. The fourth-order valence-electron chi connectivity index (χ4n) is 2.84. The molecule has 2 atom stereocenters. The van der Waals surface area contributed by atoms with E-state index in [1.165, 1.54) is 32.2 Å². The molecule has 1 heterocycles. The summed E-state index contributed by atoms with van der Waals surface area (Å²) < 4.78 is 5.42. The van der Waals surface area contributed by atoms with E-state index in [2.05, 4.69) is 31.0 Å². The van der Waals surface area contributed by atoms with E-state index in [0.29, 0.717) is 12.1 Å². The van der Waals surface area contributed by atoms with Crippen molar-refractivity contribution in [2.24, 2.45) is 5.92 Å². The molecular weight excluding hydrogens is 224 g/mol. The first-order chi connectivity index (χ1) is 8.65. The summed E-state index contributed by atoms with van der Waals surface area (Å²) in [6.45, 7) is 11.1. The van der Waals surface area contributed by atoms with Crippen LogP contribution in [0.1, 0.15) is 46.5 Å². The van der Waals surface area contributed by atoms with Crippen molar-refractivity contribution < 1.29 is 4.74 Å². The summed E-state index contributed by atoms with van der Waals surface area (Å²) in [5, 5.41) is 3.59. The lowest BCUT2D eigenvalue weighted by Crippen LogP contribution is -2.49. The largest absolute Gasteiger partial charge is 0.383 e. The summed E-state index contributed by atoms with van der Waals surface area (Å²) in [5.74, 6) is 0.717. The van der Waals surface area contributed by atoms with Crippen LogP contribution in [0.3, 0.4) is 0 Å². The van der Waals surface area contributed by atoms with E-state index in [4.69, 9.17) is 4.74 Å². The highest BCUT2D eigenvalue weighted by atomic mass is 16.5. The first kappa shape index (κ1) is 15.9. The SMILES string of the molecule is COCC(CNCC(C)C)N1CCCCCC1C. The lowest BCUT2D eigenvalue weighted by atomic mass is 10.1. The van der Waals surface area contributed by atoms with Crippen LogP contribution in [-0.4, -0.2) is 50.3 Å². The number of nitrogens with zero attached hydrogens (tertiary/aromatic N) is 1. The standard InChI is InChI=1S/C15H32N2O/c1-13(2)10-16-11-15(12-18-4)17-9-7-5-6-8-14(17)3/h13-16H,5-12H2,1-4H3. The molecule has 0 amide bonds. The molecule has 1 rings (SSSR count). The van der Waals surface area contributed by atoms with Gasteiger partial charge in [-0.05, 0) is 38.8 Å². The third kappa shape index (κ3) is 5.68. The van der Waals surface area contributed by atoms with Gasteiger partial charge in [0.1, 0.15) is 0 Å². The van der Waals surface area contributed by atoms with E-state index in [1.54, 1.807) is 0 Å². The summed E-state index contributed by atoms with van der Waals surface area (Å²) >= 11 is 0. The van der Waals surface area contributed by atoms with E-state index >= 15 is 0 Å². The summed E-state index contributed by atoms with van der Waals surface area (Å²) in [5.41, 5.74) is 0. The van der Waals surface area contributed by atoms with Gasteiger partial charge in [-0.15, -0.1) is 0 Å². The Kier molecular flexibility index (Phi) is 7.87. The zero-order valence-corrected chi connectivity index (χ0v) is 12.7. The zero-order chi connectivity index (χ0) is 13.4. The minimum atomic E-state index is 0.529. The predicted molar refractivity (Wildman–Crippen MR) is 78.0 cm³/mol. The third-order valence-corrected chi connectivity index (χ3v) is 3.86. The second kappa shape index (κ2) is 8.89. The fraction of sp³-hybridized carbons (Fsp3) is 1.00. The molecule has 0 spiro atoms. The van der Waals surface area contributed by atoms with Crippen LogP contribution in [0.2, 0.25) is 0 Å². The molecule has 1 fully saturated rings. The van der Waals surface area contributed by atoms with E-state index in [9.17, 15) is 0 Å². The van der Waals surface area contributed by atoms with E-state index in [-0.39, 0.29) is 0 Å². The lowest BCUT2D eigenvalue weighted by molar-refractivity contribution is 0.0662. The molecule has 1 aliphatic rings. The summed E-state index contributed by atoms with van der Waals surface area (Å²) in [6.07, 6.45) is 5.45. The molecule has 1 N–H and O–H groups in total. The van der Waals surface area contributed by atoms with Crippen molar-refractivity contribution in [3.8, 4) is 0 Å². The van der Waals surface area contributed by atoms with Crippen LogP contribution in [0.15, 0.2) is 0 Å². The molecule has 0 aliphatic carbocycles. The first-order valence-corrected chi connectivity index (χ1v) is 7.60. The quantitative estimate of drug-likeness (QED) is 0.757. The second-order valence-electron chi connectivity index (χ2n) is 6.10. The highest BCUT2D eigenvalue weighted by Gasteiger charge is 2.24. The molecule has 2 unspecified atom stereocenters. The van der Waals surface area contributed by atoms with Gasteiger partial charge in [0.15, 0.2) is 0 Å². The maximum Gasteiger partial charge on any atom is 0.0630 e. The second-order valence-corrected chi connectivity index (χ2v) is 6.10. The van der Waals surface area contributed by atoms with Gasteiger partial charge in [0.25, 0.3) is 0 Å². The van der Waals surface area contributed by atoms with Crippen LogP contribution in [0.5, 0.6) is 0 Å². The normalized spacial score (nSPS) is 24.2. The van der Waals surface area contributed by atoms with E-state index in [0.717, 1.165) is 25.6 Å². The van der Waals surface area contributed by atoms with Crippen molar-refractivity contribution in [1.82, 2.24) is 10.2 Å². The van der Waals surface area contributed by atoms with Gasteiger partial charge in [-0.25, -0.2) is 0 Å². The van der Waals surface area contributed by atoms with Crippen molar-refractivity contribution in [2.75, 3.05) is 33.4 Å². The fourth-order valence-corrected chi connectivity index (χ4v) is 2.84. The number of hydrogen-bond donors (Lipinski definition) is 1. The van der Waals surface area contributed by atoms with Gasteiger partial charge in [-0.3, -0.25) is 4.90 Å². The van der Waals surface area contributed by atoms with Crippen molar-refractivity contribution in [3.05, 3.63) is 0 Å². The van der Waals surface area contributed by atoms with Crippen molar-refractivity contribution in [1.29, 1.82) is 0 Å². The van der Waals surface area contributed by atoms with Crippen LogP contribution >= 0.6 is 0 Å². The Bertz CT molecular complexity index is 209. The summed E-state index contributed by atoms with van der Waals surface area (Å²) in [7, 11) is 1.82. The number of likely N-dealkylation sites (tertiary alicyclic amines) is 1. The number of methoxy groups -OCH3 is 1. The molecule has 3 heteroatoms. The number of rotatable bonds is 7. The van der Waals surface area contributed by atoms with Crippen LogP contribution < -0.4 is 5.32 Å². The van der Waals surface area contributed by atoms with Crippen LogP contribution in [0.25, 0.3) is 0 Å². The van der Waals surface area contributed by atoms with Crippen molar-refractivity contribution in [2.45, 2.75) is 58.5 Å². The third-order valence-electron chi connectivity index (χ3n) is 3.86. The molecule has 3 nitrogen and oxygen atoms in total. The Morgan fingerprint density at radius 3 is 2.67 bits per heavy atom. The Labute approximate surface area is 113 Å². The molecule has 0 radical (unpaired) electrons. The van der Waals surface area contributed by atoms with Gasteiger partial charge in [0, 0.05) is 25.7 Å². The highest BCUT2D eigenvalue weighted by Crippen LogP contribution is 2.18. The Hall–Kier alpha value is -0.120. The molecular formula is C15H32N2O. The Morgan fingerprint density at radius 2 is 2.00 bits per heavy atom. The molecule has 0 aromatic rings. The van der Waals surface area contributed by atoms with Crippen LogP contribution in [-0.2, 0) is 4.74 Å². The van der Waals surface area contributed by atoms with Gasteiger partial charge in [0.2, 0.25) is 0 Å². The van der Waals surface area contributed by atoms with Gasteiger partial charge >= 0.3 is 0 Å². The maximum atomic E-state index is 5.42. The zero-order valence-electron chi connectivity index (χ0n) is 12.7. The average molecular weight is 256 g/mol. The van der Waals surface area contributed by atoms with Crippen molar-refractivity contribution >= 4 is 0 Å². The van der Waals surface area contributed by atoms with Gasteiger partial charge < -0.3 is 10.1 Å². The molecule has 18 heavy (non-hydrogen) atoms. The molecule has 0 aromatic carbocycles. The molecule has 0 bridgehead atoms. The number of nitrogens with one attached hydrogen (secondary N) is 1. The molecule has 108 valence electrons. The lowest BCUT2D eigenvalue weighted by Gasteiger charge is -2.35. The molecule has 0 aromatic heterocycles. The Balaban J connectivity index is 2.46. The van der Waals surface area contributed by atoms with E-state index < -0.39 is 0 Å². The number of ether oxygens (including phenoxy) is 1. The molecule has 1 saturated heterocycles. The Morgan fingerprint density at radius 1 is 1.22 bits per heavy atom. The summed E-state index contributed by atoms with van der Waals surface area (Å²) in [6, 6.07) is 1.23.